The van der Waals surface area contributed by atoms with Crippen LogP contribution >= 0.6 is 11.8 Å². The number of aryl methyl sites for hydroxylation is 2. The second kappa shape index (κ2) is 3.68. The Hall–Kier alpha value is -1.62. The Kier molecular flexibility index (Phi) is 2.11. The number of rotatable bonds is 0. The Balaban J connectivity index is 2.06. The largest absolute Gasteiger partial charge is 0.242 e. The third-order valence-electron chi connectivity index (χ3n) is 3.23. The summed E-state index contributed by atoms with van der Waals surface area (Å²) in [4.78, 5) is 9.22. The van der Waals surface area contributed by atoms with Gasteiger partial charge in [0, 0.05) is 17.7 Å². The summed E-state index contributed by atoms with van der Waals surface area (Å²) in [5.74, 6) is 1.90. The predicted molar refractivity (Wildman–Crippen MR) is 72.0 cm³/mol. The van der Waals surface area contributed by atoms with Gasteiger partial charge in [-0.05, 0) is 25.0 Å². The molecule has 3 aliphatic heterocycles. The average Bonchev–Trinajstić information content (AvgIpc) is 2.72. The molecular formula is C13H12N4S. The third kappa shape index (κ3) is 1.43. The van der Waals surface area contributed by atoms with E-state index >= 15 is 0 Å². The van der Waals surface area contributed by atoms with Crippen LogP contribution in [0.1, 0.15) is 12.0 Å². The lowest BCUT2D eigenvalue weighted by atomic mass is 10.1. The van der Waals surface area contributed by atoms with Crippen molar-refractivity contribution in [1.82, 2.24) is 19.7 Å². The highest BCUT2D eigenvalue weighted by Crippen LogP contribution is 2.31. The second-order valence-electron chi connectivity index (χ2n) is 4.62. The molecule has 18 heavy (non-hydrogen) atoms. The smallest absolute Gasteiger partial charge is 0.186 e. The van der Waals surface area contributed by atoms with Crippen LogP contribution in [0.25, 0.3) is 22.4 Å². The highest BCUT2D eigenvalue weighted by molar-refractivity contribution is 7.99. The number of thioether (sulfide) groups is 1. The Morgan fingerprint density at radius 2 is 2.22 bits per heavy atom. The Bertz CT molecular complexity index is 719. The number of nitrogens with zero attached hydrogens (tertiary/aromatic N) is 4. The number of hydrogen-bond acceptors (Lipinski definition) is 4. The van der Waals surface area contributed by atoms with E-state index in [0.29, 0.717) is 0 Å². The molecule has 0 atom stereocenters. The quantitative estimate of drug-likeness (QED) is 0.620. The monoisotopic (exact) mass is 256 g/mol. The second-order valence-corrected chi connectivity index (χ2v) is 5.69. The van der Waals surface area contributed by atoms with Crippen molar-refractivity contribution < 1.29 is 0 Å². The van der Waals surface area contributed by atoms with Gasteiger partial charge in [0.2, 0.25) is 0 Å². The van der Waals surface area contributed by atoms with Gasteiger partial charge in [-0.2, -0.15) is 5.10 Å². The lowest BCUT2D eigenvalue weighted by Crippen LogP contribution is -2.15. The van der Waals surface area contributed by atoms with Gasteiger partial charge in [-0.1, -0.05) is 23.9 Å². The Morgan fingerprint density at radius 3 is 3.17 bits per heavy atom. The maximum Gasteiger partial charge on any atom is 0.186 e. The SMILES string of the molecule is Cc1ccc2c3nn4c(nc-3nc2c1)SCCC4. The molecule has 90 valence electrons. The zero-order chi connectivity index (χ0) is 12.1. The number of aromatic nitrogens is 4. The summed E-state index contributed by atoms with van der Waals surface area (Å²) in [5.41, 5.74) is 3.14. The van der Waals surface area contributed by atoms with Gasteiger partial charge < -0.3 is 0 Å². The van der Waals surface area contributed by atoms with E-state index in [9.17, 15) is 0 Å². The lowest BCUT2D eigenvalue weighted by molar-refractivity contribution is 0.504. The normalized spacial score (nSPS) is 15.2. The number of benzene rings is 1. The summed E-state index contributed by atoms with van der Waals surface area (Å²) in [6.07, 6.45) is 1.16. The first-order valence-corrected chi connectivity index (χ1v) is 7.07. The molecule has 0 radical (unpaired) electrons. The van der Waals surface area contributed by atoms with E-state index < -0.39 is 0 Å². The lowest BCUT2D eigenvalue weighted by Gasteiger charge is -2.16. The average molecular weight is 256 g/mol. The Labute approximate surface area is 109 Å². The molecule has 0 aliphatic carbocycles. The summed E-state index contributed by atoms with van der Waals surface area (Å²) < 4.78 is 2.01. The first kappa shape index (κ1) is 10.3. The molecule has 3 aliphatic rings. The van der Waals surface area contributed by atoms with Crippen molar-refractivity contribution in [3.05, 3.63) is 23.8 Å². The van der Waals surface area contributed by atoms with E-state index in [0.717, 1.165) is 46.3 Å². The van der Waals surface area contributed by atoms with Crippen LogP contribution in [0, 0.1) is 6.92 Å². The van der Waals surface area contributed by atoms with Gasteiger partial charge >= 0.3 is 0 Å². The number of hydrogen-bond donors (Lipinski definition) is 0. The summed E-state index contributed by atoms with van der Waals surface area (Å²) >= 11 is 1.77. The van der Waals surface area contributed by atoms with Gasteiger partial charge in [0.1, 0.15) is 5.69 Å². The minimum atomic E-state index is 0.774. The fourth-order valence-electron chi connectivity index (χ4n) is 2.34. The minimum absolute atomic E-state index is 0.774. The van der Waals surface area contributed by atoms with Crippen molar-refractivity contribution in [1.29, 1.82) is 0 Å². The maximum absolute atomic E-state index is 4.70. The molecule has 0 amide bonds. The molecule has 1 aromatic rings. The summed E-state index contributed by atoms with van der Waals surface area (Å²) in [6.45, 7) is 3.04. The van der Waals surface area contributed by atoms with Crippen LogP contribution in [0.15, 0.2) is 23.4 Å². The predicted octanol–water partition coefficient (Wildman–Crippen LogP) is 2.74. The molecule has 0 spiro atoms. The number of fused-ring (bicyclic) bond motifs is 4. The van der Waals surface area contributed by atoms with Crippen molar-refractivity contribution in [3.63, 3.8) is 0 Å². The molecule has 3 heterocycles. The molecule has 0 aromatic heterocycles. The first-order valence-electron chi connectivity index (χ1n) is 6.09. The van der Waals surface area contributed by atoms with Crippen LogP contribution in [-0.2, 0) is 6.54 Å². The standard InChI is InChI=1S/C13H12N4S/c1-8-3-4-9-10(7-8)14-12-11(9)16-17-5-2-6-18-13(17)15-12/h3-4,7H,2,5-6H2,1H3. The van der Waals surface area contributed by atoms with Crippen LogP contribution in [-0.4, -0.2) is 25.5 Å². The van der Waals surface area contributed by atoms with Gasteiger partial charge in [0.05, 0.1) is 5.52 Å². The molecule has 5 heteroatoms. The molecule has 4 nitrogen and oxygen atoms in total. The van der Waals surface area contributed by atoms with Crippen molar-refractivity contribution in [2.45, 2.75) is 25.0 Å². The molecule has 4 rings (SSSR count). The highest BCUT2D eigenvalue weighted by atomic mass is 32.2. The van der Waals surface area contributed by atoms with E-state index in [1.165, 1.54) is 5.56 Å². The topological polar surface area (TPSA) is 43.6 Å². The fourth-order valence-corrected chi connectivity index (χ4v) is 3.23. The van der Waals surface area contributed by atoms with Crippen molar-refractivity contribution in [3.8, 4) is 11.5 Å². The Morgan fingerprint density at radius 1 is 1.28 bits per heavy atom. The van der Waals surface area contributed by atoms with Crippen molar-refractivity contribution in [2.75, 3.05) is 5.75 Å². The molecule has 0 unspecified atom stereocenters. The zero-order valence-corrected chi connectivity index (χ0v) is 10.9. The highest BCUT2D eigenvalue weighted by Gasteiger charge is 2.20. The van der Waals surface area contributed by atoms with Gasteiger partial charge in [-0.15, -0.1) is 0 Å². The molecule has 0 N–H and O–H groups in total. The van der Waals surface area contributed by atoms with E-state index in [1.54, 1.807) is 11.8 Å². The van der Waals surface area contributed by atoms with Gasteiger partial charge in [-0.25, -0.2) is 14.6 Å². The maximum atomic E-state index is 4.70. The molecule has 0 bridgehead atoms. The molecule has 1 aromatic carbocycles. The first-order chi connectivity index (χ1) is 8.81. The van der Waals surface area contributed by atoms with Crippen molar-refractivity contribution >= 4 is 22.7 Å². The van der Waals surface area contributed by atoms with E-state index in [-0.39, 0.29) is 0 Å². The van der Waals surface area contributed by atoms with Gasteiger partial charge in [-0.3, -0.25) is 0 Å². The van der Waals surface area contributed by atoms with Crippen LogP contribution in [0.4, 0.5) is 0 Å². The van der Waals surface area contributed by atoms with E-state index in [1.807, 2.05) is 4.68 Å². The van der Waals surface area contributed by atoms with Gasteiger partial charge in [0.25, 0.3) is 0 Å². The summed E-state index contributed by atoms with van der Waals surface area (Å²) in [7, 11) is 0. The van der Waals surface area contributed by atoms with Crippen LogP contribution in [0.2, 0.25) is 0 Å². The zero-order valence-electron chi connectivity index (χ0n) is 10.1. The molecule has 0 saturated carbocycles. The third-order valence-corrected chi connectivity index (χ3v) is 4.29. The molecule has 0 fully saturated rings. The van der Waals surface area contributed by atoms with Gasteiger partial charge in [0.15, 0.2) is 11.0 Å². The molecule has 0 saturated heterocycles. The van der Waals surface area contributed by atoms with E-state index in [2.05, 4.69) is 35.1 Å². The van der Waals surface area contributed by atoms with Crippen LogP contribution in [0.3, 0.4) is 0 Å². The fraction of sp³-hybridized carbons (Fsp3) is 0.308. The summed E-state index contributed by atoms with van der Waals surface area (Å²) in [6, 6.07) is 6.29. The van der Waals surface area contributed by atoms with E-state index in [4.69, 9.17) is 5.10 Å². The van der Waals surface area contributed by atoms with Crippen molar-refractivity contribution in [2.24, 2.45) is 0 Å². The summed E-state index contributed by atoms with van der Waals surface area (Å²) in [5, 5.41) is 6.80. The minimum Gasteiger partial charge on any atom is -0.242 e. The molecular weight excluding hydrogens is 244 g/mol. The van der Waals surface area contributed by atoms with Crippen LogP contribution in [0.5, 0.6) is 0 Å². The van der Waals surface area contributed by atoms with Crippen LogP contribution < -0.4 is 0 Å².